The summed E-state index contributed by atoms with van der Waals surface area (Å²) in [6.45, 7) is 5.58. The minimum Gasteiger partial charge on any atom is -0.313 e. The SMILES string of the molecule is CS(=O)CCNC1CCCCC1(C)C. The topological polar surface area (TPSA) is 29.1 Å². The van der Waals surface area contributed by atoms with Crippen molar-refractivity contribution in [3.63, 3.8) is 0 Å². The van der Waals surface area contributed by atoms with Gasteiger partial charge in [0.05, 0.1) is 0 Å². The Kier molecular flexibility index (Phi) is 4.58. The molecule has 0 heterocycles. The van der Waals surface area contributed by atoms with E-state index in [1.807, 2.05) is 0 Å². The highest BCUT2D eigenvalue weighted by atomic mass is 32.2. The summed E-state index contributed by atoms with van der Waals surface area (Å²) in [6.07, 6.45) is 7.08. The maximum atomic E-state index is 10.9. The molecule has 1 aliphatic carbocycles. The maximum absolute atomic E-state index is 10.9. The van der Waals surface area contributed by atoms with E-state index in [2.05, 4.69) is 19.2 Å². The van der Waals surface area contributed by atoms with Crippen molar-refractivity contribution in [3.05, 3.63) is 0 Å². The van der Waals surface area contributed by atoms with Gasteiger partial charge in [0.1, 0.15) is 0 Å². The van der Waals surface area contributed by atoms with E-state index in [-0.39, 0.29) is 0 Å². The molecule has 0 aromatic heterocycles. The van der Waals surface area contributed by atoms with Crippen molar-refractivity contribution in [2.75, 3.05) is 18.6 Å². The molecule has 0 aromatic rings. The first-order valence-electron chi connectivity index (χ1n) is 5.56. The van der Waals surface area contributed by atoms with Crippen LogP contribution < -0.4 is 5.32 Å². The molecule has 0 aromatic carbocycles. The molecule has 0 amide bonds. The van der Waals surface area contributed by atoms with Gasteiger partial charge in [-0.05, 0) is 18.3 Å². The second-order valence-corrected chi connectivity index (χ2v) is 6.57. The lowest BCUT2D eigenvalue weighted by atomic mass is 9.73. The molecule has 0 aliphatic heterocycles. The van der Waals surface area contributed by atoms with Crippen LogP contribution in [0.5, 0.6) is 0 Å². The molecule has 2 nitrogen and oxygen atoms in total. The normalized spacial score (nSPS) is 28.6. The molecule has 0 radical (unpaired) electrons. The summed E-state index contributed by atoms with van der Waals surface area (Å²) < 4.78 is 10.9. The average molecular weight is 217 g/mol. The van der Waals surface area contributed by atoms with Crippen molar-refractivity contribution in [2.24, 2.45) is 5.41 Å². The third-order valence-corrected chi connectivity index (χ3v) is 4.07. The van der Waals surface area contributed by atoms with E-state index in [1.54, 1.807) is 6.26 Å². The molecule has 3 heteroatoms. The molecule has 1 aliphatic rings. The Morgan fingerprint density at radius 3 is 2.71 bits per heavy atom. The summed E-state index contributed by atoms with van der Waals surface area (Å²) in [5, 5.41) is 3.55. The third kappa shape index (κ3) is 3.70. The van der Waals surface area contributed by atoms with E-state index in [4.69, 9.17) is 0 Å². The fourth-order valence-corrected chi connectivity index (χ4v) is 2.65. The zero-order valence-electron chi connectivity index (χ0n) is 9.64. The molecule has 2 atom stereocenters. The zero-order valence-corrected chi connectivity index (χ0v) is 10.5. The average Bonchev–Trinajstić information content (AvgIpc) is 2.07. The molecule has 0 bridgehead atoms. The van der Waals surface area contributed by atoms with Crippen molar-refractivity contribution in [1.29, 1.82) is 0 Å². The van der Waals surface area contributed by atoms with E-state index in [0.29, 0.717) is 11.5 Å². The lowest BCUT2D eigenvalue weighted by Gasteiger charge is -2.39. The Morgan fingerprint density at radius 1 is 1.43 bits per heavy atom. The van der Waals surface area contributed by atoms with Crippen LogP contribution >= 0.6 is 0 Å². The highest BCUT2D eigenvalue weighted by Crippen LogP contribution is 2.35. The fourth-order valence-electron chi connectivity index (χ4n) is 2.25. The first-order valence-corrected chi connectivity index (χ1v) is 7.28. The Bertz CT molecular complexity index is 203. The van der Waals surface area contributed by atoms with E-state index in [9.17, 15) is 4.21 Å². The lowest BCUT2D eigenvalue weighted by Crippen LogP contribution is -2.45. The molecule has 1 saturated carbocycles. The Labute approximate surface area is 90.3 Å². The van der Waals surface area contributed by atoms with Crippen LogP contribution in [0.3, 0.4) is 0 Å². The highest BCUT2D eigenvalue weighted by molar-refractivity contribution is 7.84. The van der Waals surface area contributed by atoms with Crippen LogP contribution in [-0.4, -0.2) is 28.8 Å². The van der Waals surface area contributed by atoms with E-state index >= 15 is 0 Å². The van der Waals surface area contributed by atoms with Crippen molar-refractivity contribution < 1.29 is 4.21 Å². The number of hydrogen-bond acceptors (Lipinski definition) is 2. The standard InChI is InChI=1S/C11H23NOS/c1-11(2)7-5-4-6-10(11)12-8-9-14(3)13/h10,12H,4-9H2,1-3H3. The maximum Gasteiger partial charge on any atom is 0.0357 e. The van der Waals surface area contributed by atoms with Crippen LogP contribution in [0.4, 0.5) is 0 Å². The quantitative estimate of drug-likeness (QED) is 0.779. The molecule has 1 rings (SSSR count). The van der Waals surface area contributed by atoms with Gasteiger partial charge < -0.3 is 5.32 Å². The first-order chi connectivity index (χ1) is 6.52. The smallest absolute Gasteiger partial charge is 0.0357 e. The van der Waals surface area contributed by atoms with Gasteiger partial charge in [-0.1, -0.05) is 26.7 Å². The summed E-state index contributed by atoms with van der Waals surface area (Å²) in [4.78, 5) is 0. The number of rotatable bonds is 4. The van der Waals surface area contributed by atoms with Crippen molar-refractivity contribution >= 4 is 10.8 Å². The molecule has 0 saturated heterocycles. The van der Waals surface area contributed by atoms with E-state index in [1.165, 1.54) is 25.7 Å². The molecular weight excluding hydrogens is 194 g/mol. The Morgan fingerprint density at radius 2 is 2.14 bits per heavy atom. The van der Waals surface area contributed by atoms with Crippen LogP contribution in [0.15, 0.2) is 0 Å². The second-order valence-electron chi connectivity index (χ2n) is 5.02. The van der Waals surface area contributed by atoms with E-state index in [0.717, 1.165) is 12.3 Å². The summed E-state index contributed by atoms with van der Waals surface area (Å²) in [5.41, 5.74) is 0.424. The van der Waals surface area contributed by atoms with Crippen LogP contribution in [-0.2, 0) is 10.8 Å². The predicted molar refractivity (Wildman–Crippen MR) is 63.0 cm³/mol. The monoisotopic (exact) mass is 217 g/mol. The summed E-state index contributed by atoms with van der Waals surface area (Å²) in [5.74, 6) is 0.784. The third-order valence-electron chi connectivity index (χ3n) is 3.29. The molecule has 1 N–H and O–H groups in total. The molecule has 14 heavy (non-hydrogen) atoms. The van der Waals surface area contributed by atoms with Crippen LogP contribution in [0.25, 0.3) is 0 Å². The molecule has 2 unspecified atom stereocenters. The van der Waals surface area contributed by atoms with Gasteiger partial charge in [0.25, 0.3) is 0 Å². The summed E-state index contributed by atoms with van der Waals surface area (Å²) in [7, 11) is -0.657. The van der Waals surface area contributed by atoms with Gasteiger partial charge in [-0.25, -0.2) is 0 Å². The van der Waals surface area contributed by atoms with E-state index < -0.39 is 10.8 Å². The second kappa shape index (κ2) is 5.26. The molecule has 84 valence electrons. The fraction of sp³-hybridized carbons (Fsp3) is 1.00. The van der Waals surface area contributed by atoms with Crippen molar-refractivity contribution in [2.45, 2.75) is 45.6 Å². The molecule has 0 spiro atoms. The van der Waals surface area contributed by atoms with Gasteiger partial charge in [0.2, 0.25) is 0 Å². The minimum atomic E-state index is -0.657. The van der Waals surface area contributed by atoms with Crippen molar-refractivity contribution in [1.82, 2.24) is 5.32 Å². The van der Waals surface area contributed by atoms with Crippen LogP contribution in [0.2, 0.25) is 0 Å². The van der Waals surface area contributed by atoms with Gasteiger partial charge in [0, 0.05) is 35.4 Å². The van der Waals surface area contributed by atoms with Crippen LogP contribution in [0.1, 0.15) is 39.5 Å². The zero-order chi connectivity index (χ0) is 10.6. The lowest BCUT2D eigenvalue weighted by molar-refractivity contribution is 0.170. The van der Waals surface area contributed by atoms with Gasteiger partial charge in [0.15, 0.2) is 0 Å². The van der Waals surface area contributed by atoms with Crippen LogP contribution in [0, 0.1) is 5.41 Å². The predicted octanol–water partition coefficient (Wildman–Crippen LogP) is 1.92. The Balaban J connectivity index is 2.31. The summed E-state index contributed by atoms with van der Waals surface area (Å²) >= 11 is 0. The van der Waals surface area contributed by atoms with Gasteiger partial charge in [-0.15, -0.1) is 0 Å². The first kappa shape index (κ1) is 12.2. The largest absolute Gasteiger partial charge is 0.313 e. The summed E-state index contributed by atoms with van der Waals surface area (Å²) in [6, 6.07) is 0.625. The van der Waals surface area contributed by atoms with Gasteiger partial charge in [-0.3, -0.25) is 4.21 Å². The van der Waals surface area contributed by atoms with Crippen molar-refractivity contribution in [3.8, 4) is 0 Å². The number of nitrogens with one attached hydrogen (secondary N) is 1. The Hall–Kier alpha value is 0.110. The van der Waals surface area contributed by atoms with Gasteiger partial charge >= 0.3 is 0 Å². The molecule has 1 fully saturated rings. The minimum absolute atomic E-state index is 0.424. The molecular formula is C11H23NOS. The highest BCUT2D eigenvalue weighted by Gasteiger charge is 2.31. The number of hydrogen-bond donors (Lipinski definition) is 1. The van der Waals surface area contributed by atoms with Gasteiger partial charge in [-0.2, -0.15) is 0 Å².